The van der Waals surface area contributed by atoms with Gasteiger partial charge in [0.15, 0.2) is 0 Å². The minimum Gasteiger partial charge on any atom is -0.367 e. The number of carbonyl (C=O) groups excluding carboxylic acids is 1. The Morgan fingerprint density at radius 1 is 1.20 bits per heavy atom. The normalized spacial score (nSPS) is 9.87. The summed E-state index contributed by atoms with van der Waals surface area (Å²) in [4.78, 5) is 14.5. The van der Waals surface area contributed by atoms with Crippen LogP contribution in [0.15, 0.2) is 48.8 Å². The van der Waals surface area contributed by atoms with E-state index in [4.69, 9.17) is 0 Å². The number of anilines is 1. The van der Waals surface area contributed by atoms with Crippen molar-refractivity contribution < 1.29 is 4.79 Å². The number of carbonyl (C=O) groups is 1. The molecule has 0 spiro atoms. The standard InChI is InChI=1S/C12H12N2O/c15-12(8-10-6-7-13-9-10)14-11-4-2-1-3-5-11/h1-7,9,13H,8H2,(H,14,15). The molecular weight excluding hydrogens is 188 g/mol. The van der Waals surface area contributed by atoms with Crippen molar-refractivity contribution in [3.8, 4) is 0 Å². The summed E-state index contributed by atoms with van der Waals surface area (Å²) >= 11 is 0. The first-order valence-electron chi connectivity index (χ1n) is 4.81. The first kappa shape index (κ1) is 9.52. The quantitative estimate of drug-likeness (QED) is 0.783. The highest BCUT2D eigenvalue weighted by molar-refractivity contribution is 5.92. The minimum absolute atomic E-state index is 0.000741. The Balaban J connectivity index is 1.94. The monoisotopic (exact) mass is 200 g/mol. The molecule has 0 aliphatic carbocycles. The summed E-state index contributed by atoms with van der Waals surface area (Å²) in [6.45, 7) is 0. The molecule has 0 bridgehead atoms. The van der Waals surface area contributed by atoms with Crippen molar-refractivity contribution in [2.24, 2.45) is 0 Å². The van der Waals surface area contributed by atoms with Crippen molar-refractivity contribution in [1.29, 1.82) is 0 Å². The fourth-order valence-corrected chi connectivity index (χ4v) is 1.38. The Hall–Kier alpha value is -2.03. The lowest BCUT2D eigenvalue weighted by atomic mass is 10.2. The molecule has 3 nitrogen and oxygen atoms in total. The van der Waals surface area contributed by atoms with E-state index in [1.165, 1.54) is 0 Å². The van der Waals surface area contributed by atoms with Gasteiger partial charge in [-0.1, -0.05) is 18.2 Å². The number of benzene rings is 1. The van der Waals surface area contributed by atoms with E-state index in [-0.39, 0.29) is 5.91 Å². The van der Waals surface area contributed by atoms with Gasteiger partial charge in [-0.15, -0.1) is 0 Å². The highest BCUT2D eigenvalue weighted by Gasteiger charge is 2.03. The van der Waals surface area contributed by atoms with E-state index >= 15 is 0 Å². The zero-order valence-electron chi connectivity index (χ0n) is 8.23. The van der Waals surface area contributed by atoms with Gasteiger partial charge in [0.05, 0.1) is 6.42 Å². The van der Waals surface area contributed by atoms with Crippen LogP contribution >= 0.6 is 0 Å². The van der Waals surface area contributed by atoms with Crippen molar-refractivity contribution in [3.05, 3.63) is 54.4 Å². The lowest BCUT2D eigenvalue weighted by molar-refractivity contribution is -0.115. The van der Waals surface area contributed by atoms with Crippen LogP contribution in [0.3, 0.4) is 0 Å². The van der Waals surface area contributed by atoms with Crippen LogP contribution in [0.25, 0.3) is 0 Å². The molecule has 15 heavy (non-hydrogen) atoms. The summed E-state index contributed by atoms with van der Waals surface area (Å²) in [7, 11) is 0. The summed E-state index contributed by atoms with van der Waals surface area (Å²) < 4.78 is 0. The Morgan fingerprint density at radius 2 is 2.00 bits per heavy atom. The van der Waals surface area contributed by atoms with E-state index in [0.29, 0.717) is 6.42 Å². The van der Waals surface area contributed by atoms with Crippen LogP contribution in [0.2, 0.25) is 0 Å². The average Bonchev–Trinajstić information content (AvgIpc) is 2.71. The summed E-state index contributed by atoms with van der Waals surface area (Å²) in [5, 5.41) is 2.83. The van der Waals surface area contributed by atoms with Gasteiger partial charge in [-0.3, -0.25) is 4.79 Å². The lowest BCUT2D eigenvalue weighted by Crippen LogP contribution is -2.13. The second-order valence-electron chi connectivity index (χ2n) is 3.31. The van der Waals surface area contributed by atoms with Crippen LogP contribution in [-0.2, 0) is 11.2 Å². The predicted octanol–water partition coefficient (Wildman–Crippen LogP) is 2.20. The molecule has 0 atom stereocenters. The van der Waals surface area contributed by atoms with Gasteiger partial charge in [-0.2, -0.15) is 0 Å². The van der Waals surface area contributed by atoms with Gasteiger partial charge in [-0.05, 0) is 23.8 Å². The lowest BCUT2D eigenvalue weighted by Gasteiger charge is -2.03. The molecule has 0 aliphatic heterocycles. The van der Waals surface area contributed by atoms with Gasteiger partial charge >= 0.3 is 0 Å². The van der Waals surface area contributed by atoms with Gasteiger partial charge in [0.2, 0.25) is 5.91 Å². The highest BCUT2D eigenvalue weighted by Crippen LogP contribution is 2.06. The number of nitrogens with one attached hydrogen (secondary N) is 2. The molecule has 2 rings (SSSR count). The van der Waals surface area contributed by atoms with Crippen molar-refractivity contribution in [3.63, 3.8) is 0 Å². The molecule has 1 aromatic heterocycles. The Kier molecular flexibility index (Phi) is 2.83. The van der Waals surface area contributed by atoms with Gasteiger partial charge in [-0.25, -0.2) is 0 Å². The SMILES string of the molecule is O=C(Cc1cc[nH]c1)Nc1ccccc1. The first-order valence-corrected chi connectivity index (χ1v) is 4.81. The molecule has 2 aromatic rings. The molecule has 0 aliphatic rings. The Bertz CT molecular complexity index is 420. The molecule has 1 aromatic carbocycles. The van der Waals surface area contributed by atoms with Gasteiger partial charge in [0.1, 0.15) is 0 Å². The number of hydrogen-bond acceptors (Lipinski definition) is 1. The Morgan fingerprint density at radius 3 is 2.67 bits per heavy atom. The zero-order chi connectivity index (χ0) is 10.5. The first-order chi connectivity index (χ1) is 7.34. The third-order valence-corrected chi connectivity index (χ3v) is 2.08. The molecule has 0 saturated carbocycles. The summed E-state index contributed by atoms with van der Waals surface area (Å²) in [5.41, 5.74) is 1.82. The third kappa shape index (κ3) is 2.71. The van der Waals surface area contributed by atoms with Crippen LogP contribution in [0.1, 0.15) is 5.56 Å². The van der Waals surface area contributed by atoms with E-state index < -0.39 is 0 Å². The number of para-hydroxylation sites is 1. The van der Waals surface area contributed by atoms with Crippen molar-refractivity contribution in [1.82, 2.24) is 4.98 Å². The molecular formula is C12H12N2O. The number of aromatic amines is 1. The fourth-order valence-electron chi connectivity index (χ4n) is 1.38. The van der Waals surface area contributed by atoms with E-state index in [1.54, 1.807) is 0 Å². The van der Waals surface area contributed by atoms with Crippen LogP contribution in [-0.4, -0.2) is 10.9 Å². The van der Waals surface area contributed by atoms with E-state index in [9.17, 15) is 4.79 Å². The second kappa shape index (κ2) is 4.46. The maximum Gasteiger partial charge on any atom is 0.228 e. The number of rotatable bonds is 3. The maximum atomic E-state index is 11.6. The van der Waals surface area contributed by atoms with Crippen molar-refractivity contribution >= 4 is 11.6 Å². The van der Waals surface area contributed by atoms with Crippen molar-refractivity contribution in [2.45, 2.75) is 6.42 Å². The van der Waals surface area contributed by atoms with Gasteiger partial charge in [0.25, 0.3) is 0 Å². The van der Waals surface area contributed by atoms with E-state index in [1.807, 2.05) is 48.8 Å². The van der Waals surface area contributed by atoms with Crippen molar-refractivity contribution in [2.75, 3.05) is 5.32 Å². The second-order valence-corrected chi connectivity index (χ2v) is 3.31. The van der Waals surface area contributed by atoms with Crippen LogP contribution in [0.5, 0.6) is 0 Å². The number of H-pyrrole nitrogens is 1. The molecule has 0 unspecified atom stereocenters. The maximum absolute atomic E-state index is 11.6. The largest absolute Gasteiger partial charge is 0.367 e. The zero-order valence-corrected chi connectivity index (χ0v) is 8.23. The molecule has 3 heteroatoms. The summed E-state index contributed by atoms with van der Waals surface area (Å²) in [5.74, 6) is 0.000741. The number of hydrogen-bond donors (Lipinski definition) is 2. The van der Waals surface area contributed by atoms with Crippen LogP contribution < -0.4 is 5.32 Å². The molecule has 0 fully saturated rings. The summed E-state index contributed by atoms with van der Waals surface area (Å²) in [6.07, 6.45) is 4.04. The smallest absolute Gasteiger partial charge is 0.228 e. The van der Waals surface area contributed by atoms with Gasteiger partial charge in [0, 0.05) is 18.1 Å². The third-order valence-electron chi connectivity index (χ3n) is 2.08. The highest BCUT2D eigenvalue weighted by atomic mass is 16.1. The minimum atomic E-state index is 0.000741. The molecule has 0 radical (unpaired) electrons. The number of aromatic nitrogens is 1. The molecule has 0 saturated heterocycles. The topological polar surface area (TPSA) is 44.9 Å². The molecule has 1 heterocycles. The van der Waals surface area contributed by atoms with E-state index in [0.717, 1.165) is 11.3 Å². The van der Waals surface area contributed by atoms with Gasteiger partial charge < -0.3 is 10.3 Å². The Labute approximate surface area is 88.1 Å². The fraction of sp³-hybridized carbons (Fsp3) is 0.0833. The predicted molar refractivity (Wildman–Crippen MR) is 59.6 cm³/mol. The number of amides is 1. The molecule has 76 valence electrons. The van der Waals surface area contributed by atoms with E-state index in [2.05, 4.69) is 10.3 Å². The summed E-state index contributed by atoms with van der Waals surface area (Å²) in [6, 6.07) is 11.3. The molecule has 1 amide bonds. The van der Waals surface area contributed by atoms with Crippen LogP contribution in [0, 0.1) is 0 Å². The molecule has 2 N–H and O–H groups in total. The van der Waals surface area contributed by atoms with Crippen LogP contribution in [0.4, 0.5) is 5.69 Å². The average molecular weight is 200 g/mol.